The summed E-state index contributed by atoms with van der Waals surface area (Å²) >= 11 is 0. The summed E-state index contributed by atoms with van der Waals surface area (Å²) in [6.45, 7) is 7.46. The van der Waals surface area contributed by atoms with E-state index in [0.717, 1.165) is 12.8 Å². The van der Waals surface area contributed by atoms with Crippen LogP contribution in [-0.4, -0.2) is 49.3 Å². The third kappa shape index (κ3) is 4.54. The maximum Gasteiger partial charge on any atom is 0.110 e. The number of methoxy groups -OCH3 is 1. The molecule has 1 aliphatic carbocycles. The normalized spacial score (nSPS) is 29.1. The van der Waals surface area contributed by atoms with Crippen molar-refractivity contribution >= 4 is 0 Å². The van der Waals surface area contributed by atoms with E-state index in [2.05, 4.69) is 6.92 Å². The molecule has 0 radical (unpaired) electrons. The van der Waals surface area contributed by atoms with Gasteiger partial charge in [0.2, 0.25) is 0 Å². The van der Waals surface area contributed by atoms with Crippen LogP contribution in [0.5, 0.6) is 0 Å². The second kappa shape index (κ2) is 6.69. The number of aliphatic hydroxyl groups excluding tert-OH is 1. The van der Waals surface area contributed by atoms with Crippen LogP contribution in [0.2, 0.25) is 0 Å². The van der Waals surface area contributed by atoms with Crippen LogP contribution >= 0.6 is 0 Å². The van der Waals surface area contributed by atoms with Gasteiger partial charge in [-0.25, -0.2) is 0 Å². The lowest BCUT2D eigenvalue weighted by atomic mass is 9.88. The van der Waals surface area contributed by atoms with Crippen molar-refractivity contribution < 1.29 is 19.3 Å². The van der Waals surface area contributed by atoms with Crippen LogP contribution in [0, 0.1) is 0 Å². The lowest BCUT2D eigenvalue weighted by molar-refractivity contribution is -0.195. The van der Waals surface area contributed by atoms with Gasteiger partial charge >= 0.3 is 0 Å². The Balaban J connectivity index is 2.19. The third-order valence-corrected chi connectivity index (χ3v) is 3.32. The topological polar surface area (TPSA) is 47.9 Å². The molecule has 0 bridgehead atoms. The second-order valence-corrected chi connectivity index (χ2v) is 5.26. The van der Waals surface area contributed by atoms with E-state index in [1.165, 1.54) is 0 Å². The van der Waals surface area contributed by atoms with Crippen LogP contribution in [0.25, 0.3) is 0 Å². The minimum absolute atomic E-state index is 0.0456. The third-order valence-electron chi connectivity index (χ3n) is 3.32. The molecular weight excluding hydrogens is 220 g/mol. The van der Waals surface area contributed by atoms with E-state index < -0.39 is 0 Å². The molecule has 0 heterocycles. The highest BCUT2D eigenvalue weighted by atomic mass is 16.6. The van der Waals surface area contributed by atoms with Crippen molar-refractivity contribution in [2.24, 2.45) is 0 Å². The van der Waals surface area contributed by atoms with Crippen LogP contribution in [0.3, 0.4) is 0 Å². The molecule has 1 saturated carbocycles. The summed E-state index contributed by atoms with van der Waals surface area (Å²) in [7, 11) is 1.71. The van der Waals surface area contributed by atoms with Crippen LogP contribution in [0.4, 0.5) is 0 Å². The predicted octanol–water partition coefficient (Wildman–Crippen LogP) is 1.75. The highest BCUT2D eigenvalue weighted by molar-refractivity contribution is 4.92. The molecule has 1 aliphatic rings. The molecule has 0 spiro atoms. The van der Waals surface area contributed by atoms with Gasteiger partial charge in [0.15, 0.2) is 0 Å². The van der Waals surface area contributed by atoms with Crippen molar-refractivity contribution in [2.45, 2.75) is 63.9 Å². The van der Waals surface area contributed by atoms with E-state index in [1.54, 1.807) is 7.11 Å². The van der Waals surface area contributed by atoms with Gasteiger partial charge in [0.05, 0.1) is 17.8 Å². The molecule has 0 aromatic rings. The number of hydrogen-bond donors (Lipinski definition) is 1. The second-order valence-electron chi connectivity index (χ2n) is 5.26. The quantitative estimate of drug-likeness (QED) is 0.709. The Morgan fingerprint density at radius 3 is 2.47 bits per heavy atom. The fourth-order valence-electron chi connectivity index (χ4n) is 1.75. The van der Waals surface area contributed by atoms with Crippen molar-refractivity contribution in [3.8, 4) is 0 Å². The molecule has 4 nitrogen and oxygen atoms in total. The molecule has 102 valence electrons. The Labute approximate surface area is 104 Å². The van der Waals surface area contributed by atoms with Crippen LogP contribution in [0.15, 0.2) is 0 Å². The largest absolute Gasteiger partial charge is 0.390 e. The zero-order chi connectivity index (χ0) is 12.9. The van der Waals surface area contributed by atoms with Gasteiger partial charge in [0, 0.05) is 26.7 Å². The van der Waals surface area contributed by atoms with Gasteiger partial charge in [0.25, 0.3) is 0 Å². The minimum Gasteiger partial charge on any atom is -0.390 e. The first-order valence-electron chi connectivity index (χ1n) is 6.46. The monoisotopic (exact) mass is 246 g/mol. The molecule has 3 unspecified atom stereocenters. The van der Waals surface area contributed by atoms with Crippen molar-refractivity contribution in [1.82, 2.24) is 0 Å². The Hall–Kier alpha value is -0.160. The molecule has 3 atom stereocenters. The van der Waals surface area contributed by atoms with Crippen LogP contribution in [-0.2, 0) is 14.2 Å². The van der Waals surface area contributed by atoms with Crippen LogP contribution in [0.1, 0.15) is 40.0 Å². The van der Waals surface area contributed by atoms with E-state index in [-0.39, 0.29) is 23.9 Å². The lowest BCUT2D eigenvalue weighted by Gasteiger charge is -2.41. The van der Waals surface area contributed by atoms with Gasteiger partial charge in [-0.05, 0) is 26.7 Å². The van der Waals surface area contributed by atoms with Gasteiger partial charge in [-0.2, -0.15) is 0 Å². The predicted molar refractivity (Wildman–Crippen MR) is 66.1 cm³/mol. The van der Waals surface area contributed by atoms with Crippen molar-refractivity contribution in [2.75, 3.05) is 20.3 Å². The summed E-state index contributed by atoms with van der Waals surface area (Å²) in [5, 5.41) is 9.58. The zero-order valence-electron chi connectivity index (χ0n) is 11.4. The first kappa shape index (κ1) is 14.9. The van der Waals surface area contributed by atoms with E-state index in [1.807, 2.05) is 13.8 Å². The average Bonchev–Trinajstić information content (AvgIpc) is 2.28. The molecule has 0 aromatic carbocycles. The Morgan fingerprint density at radius 2 is 1.94 bits per heavy atom. The summed E-state index contributed by atoms with van der Waals surface area (Å²) in [6, 6.07) is 0. The van der Waals surface area contributed by atoms with Gasteiger partial charge in [-0.3, -0.25) is 0 Å². The summed E-state index contributed by atoms with van der Waals surface area (Å²) in [4.78, 5) is 0. The summed E-state index contributed by atoms with van der Waals surface area (Å²) in [5.41, 5.74) is -0.151. The Bertz CT molecular complexity index is 217. The number of rotatable bonds is 8. The Morgan fingerprint density at radius 1 is 1.24 bits per heavy atom. The van der Waals surface area contributed by atoms with Crippen molar-refractivity contribution in [3.05, 3.63) is 0 Å². The first-order chi connectivity index (χ1) is 8.00. The molecule has 0 aromatic heterocycles. The number of aliphatic hydroxyl groups is 1. The van der Waals surface area contributed by atoms with E-state index in [9.17, 15) is 5.11 Å². The SMILES string of the molecule is CCCOC1C(O)CC1OCCC(C)(C)OC. The van der Waals surface area contributed by atoms with E-state index in [4.69, 9.17) is 14.2 Å². The number of hydrogen-bond acceptors (Lipinski definition) is 4. The Kier molecular flexibility index (Phi) is 5.86. The van der Waals surface area contributed by atoms with Gasteiger partial charge < -0.3 is 19.3 Å². The molecule has 17 heavy (non-hydrogen) atoms. The highest BCUT2D eigenvalue weighted by Crippen LogP contribution is 2.28. The lowest BCUT2D eigenvalue weighted by Crippen LogP contribution is -2.54. The molecule has 0 aliphatic heterocycles. The molecule has 1 N–H and O–H groups in total. The van der Waals surface area contributed by atoms with E-state index >= 15 is 0 Å². The van der Waals surface area contributed by atoms with Crippen molar-refractivity contribution in [3.63, 3.8) is 0 Å². The van der Waals surface area contributed by atoms with E-state index in [0.29, 0.717) is 19.6 Å². The summed E-state index contributed by atoms with van der Waals surface area (Å²) in [6.07, 6.45) is 2.04. The molecule has 0 amide bonds. The highest BCUT2D eigenvalue weighted by Gasteiger charge is 2.41. The summed E-state index contributed by atoms with van der Waals surface area (Å²) in [5.74, 6) is 0. The van der Waals surface area contributed by atoms with Gasteiger partial charge in [0.1, 0.15) is 6.10 Å². The number of ether oxygens (including phenoxy) is 3. The molecular formula is C13H26O4. The minimum atomic E-state index is -0.359. The zero-order valence-corrected chi connectivity index (χ0v) is 11.4. The van der Waals surface area contributed by atoms with Gasteiger partial charge in [-0.1, -0.05) is 6.92 Å². The van der Waals surface area contributed by atoms with Crippen molar-refractivity contribution in [1.29, 1.82) is 0 Å². The van der Waals surface area contributed by atoms with Crippen LogP contribution < -0.4 is 0 Å². The first-order valence-corrected chi connectivity index (χ1v) is 6.46. The average molecular weight is 246 g/mol. The molecule has 0 saturated heterocycles. The molecule has 4 heteroatoms. The van der Waals surface area contributed by atoms with Gasteiger partial charge in [-0.15, -0.1) is 0 Å². The summed E-state index contributed by atoms with van der Waals surface area (Å²) < 4.78 is 16.6. The fraction of sp³-hybridized carbons (Fsp3) is 1.00. The maximum absolute atomic E-state index is 9.58. The maximum atomic E-state index is 9.58. The smallest absolute Gasteiger partial charge is 0.110 e. The standard InChI is InChI=1S/C13H26O4/c1-5-7-17-12-10(14)9-11(12)16-8-6-13(2,3)15-4/h10-12,14H,5-9H2,1-4H3. The fourth-order valence-corrected chi connectivity index (χ4v) is 1.75. The molecule has 1 rings (SSSR count). The molecule has 1 fully saturated rings.